The van der Waals surface area contributed by atoms with E-state index in [0.717, 1.165) is 11.1 Å². The molecule has 2 bridgehead atoms. The summed E-state index contributed by atoms with van der Waals surface area (Å²) in [4.78, 5) is 61.5. The molecule has 6 atom stereocenters. The Balaban J connectivity index is 1.24. The van der Waals surface area contributed by atoms with E-state index < -0.39 is 78.3 Å². The van der Waals surface area contributed by atoms with E-state index in [9.17, 15) is 34.2 Å². The molecule has 14 heteroatoms. The summed E-state index contributed by atoms with van der Waals surface area (Å²) in [5.41, 5.74) is 0.353. The van der Waals surface area contributed by atoms with E-state index in [1.54, 1.807) is 12.1 Å². The molecular formula is C29H34N2O12. The molecule has 1 saturated heterocycles. The number of ether oxygens (including phenoxy) is 3. The minimum atomic E-state index is -1.71. The highest BCUT2D eigenvalue weighted by molar-refractivity contribution is 5.90. The number of nitrogens with zero attached hydrogens (tertiary/aromatic N) is 1. The Kier molecular flexibility index (Phi) is 7.96. The molecule has 0 radical (unpaired) electrons. The quantitative estimate of drug-likeness (QED) is 0.207. The molecule has 4 aliphatic rings. The molecule has 1 spiro atoms. The number of aliphatic hydroxyl groups is 2. The van der Waals surface area contributed by atoms with E-state index in [-0.39, 0.29) is 24.8 Å². The maximum absolute atomic E-state index is 12.9. The van der Waals surface area contributed by atoms with Gasteiger partial charge in [0.15, 0.2) is 12.2 Å². The van der Waals surface area contributed by atoms with Gasteiger partial charge in [0.1, 0.15) is 17.6 Å². The number of hydrogen-bond donors (Lipinski definition) is 5. The Hall–Kier alpha value is -4.01. The summed E-state index contributed by atoms with van der Waals surface area (Å²) in [5, 5.41) is 42.1. The SMILES string of the molecule is C[C@H](OC(=O)CCC(=O)OC1=CC[C@@]2(O)[C@H]3Cc4ccc(CO)c5c4[C@@]2(CCN3C)[C@H]1O5)C(=O)N[C@H](CC(=O)O)C(=O)O. The topological polar surface area (TPSA) is 209 Å². The zero-order chi connectivity index (χ0) is 31.3. The first-order chi connectivity index (χ1) is 20.3. The number of amides is 1. The highest BCUT2D eigenvalue weighted by Crippen LogP contribution is 2.64. The number of benzene rings is 1. The number of carbonyl (C=O) groups excluding carboxylic acids is 3. The summed E-state index contributed by atoms with van der Waals surface area (Å²) in [6.45, 7) is 1.60. The summed E-state index contributed by atoms with van der Waals surface area (Å²) in [5.74, 6) is -4.99. The zero-order valence-corrected chi connectivity index (χ0v) is 23.7. The predicted molar refractivity (Wildman–Crippen MR) is 144 cm³/mol. The van der Waals surface area contributed by atoms with Gasteiger partial charge in [0.05, 0.1) is 36.9 Å². The number of nitrogens with one attached hydrogen (secondary N) is 1. The predicted octanol–water partition coefficient (Wildman–Crippen LogP) is -0.244. The van der Waals surface area contributed by atoms with Crippen LogP contribution in [0.15, 0.2) is 24.0 Å². The molecule has 0 saturated carbocycles. The fraction of sp³-hybridized carbons (Fsp3) is 0.552. The molecule has 2 aliphatic heterocycles. The van der Waals surface area contributed by atoms with Crippen LogP contribution >= 0.6 is 0 Å². The molecule has 232 valence electrons. The van der Waals surface area contributed by atoms with Gasteiger partial charge in [0.2, 0.25) is 0 Å². The fourth-order valence-corrected chi connectivity index (χ4v) is 6.99. The lowest BCUT2D eigenvalue weighted by Gasteiger charge is -2.61. The fourth-order valence-electron chi connectivity index (χ4n) is 6.99. The summed E-state index contributed by atoms with van der Waals surface area (Å²) < 4.78 is 17.1. The van der Waals surface area contributed by atoms with Crippen molar-refractivity contribution in [2.24, 2.45) is 0 Å². The zero-order valence-electron chi connectivity index (χ0n) is 23.7. The van der Waals surface area contributed by atoms with E-state index in [1.807, 2.05) is 18.4 Å². The number of hydrogen-bond acceptors (Lipinski definition) is 11. The highest BCUT2D eigenvalue weighted by Gasteiger charge is 2.71. The van der Waals surface area contributed by atoms with Crippen LogP contribution in [0.2, 0.25) is 0 Å². The second-order valence-electron chi connectivity index (χ2n) is 11.5. The number of carboxylic acid groups (broad SMARTS) is 2. The number of carbonyl (C=O) groups is 5. The van der Waals surface area contributed by atoms with Crippen molar-refractivity contribution >= 4 is 29.8 Å². The van der Waals surface area contributed by atoms with Crippen LogP contribution in [0.4, 0.5) is 0 Å². The van der Waals surface area contributed by atoms with Gasteiger partial charge >= 0.3 is 23.9 Å². The molecule has 1 aromatic carbocycles. The second-order valence-corrected chi connectivity index (χ2v) is 11.5. The van der Waals surface area contributed by atoms with Crippen LogP contribution in [-0.4, -0.2) is 98.6 Å². The molecule has 1 aromatic rings. The molecule has 0 aromatic heterocycles. The molecule has 43 heavy (non-hydrogen) atoms. The van der Waals surface area contributed by atoms with Crippen molar-refractivity contribution in [2.45, 2.75) is 87.4 Å². The first-order valence-electron chi connectivity index (χ1n) is 14.0. The summed E-state index contributed by atoms with van der Waals surface area (Å²) >= 11 is 0. The Bertz CT molecular complexity index is 1410. The van der Waals surface area contributed by atoms with Gasteiger partial charge in [-0.25, -0.2) is 4.79 Å². The van der Waals surface area contributed by atoms with Crippen molar-refractivity contribution in [3.05, 3.63) is 40.7 Å². The van der Waals surface area contributed by atoms with Crippen molar-refractivity contribution in [1.82, 2.24) is 10.2 Å². The Morgan fingerprint density at radius 3 is 2.56 bits per heavy atom. The number of rotatable bonds is 11. The van der Waals surface area contributed by atoms with Crippen LogP contribution in [0.5, 0.6) is 5.75 Å². The molecule has 5 rings (SSSR count). The number of carboxylic acids is 2. The van der Waals surface area contributed by atoms with Gasteiger partial charge in [-0.1, -0.05) is 12.1 Å². The molecule has 0 unspecified atom stereocenters. The van der Waals surface area contributed by atoms with E-state index in [1.165, 1.54) is 6.92 Å². The Morgan fingerprint density at radius 2 is 1.88 bits per heavy atom. The smallest absolute Gasteiger partial charge is 0.326 e. The van der Waals surface area contributed by atoms with E-state index in [2.05, 4.69) is 4.90 Å². The minimum Gasteiger partial charge on any atom is -0.481 e. The average Bonchev–Trinajstić information content (AvgIpc) is 3.30. The van der Waals surface area contributed by atoms with Crippen molar-refractivity contribution in [3.8, 4) is 5.75 Å². The van der Waals surface area contributed by atoms with Crippen LogP contribution in [-0.2, 0) is 51.9 Å². The van der Waals surface area contributed by atoms with Gasteiger partial charge in [0.25, 0.3) is 5.91 Å². The first kappa shape index (κ1) is 30.4. The molecule has 2 heterocycles. The molecule has 1 fully saturated rings. The van der Waals surface area contributed by atoms with Crippen LogP contribution in [0.3, 0.4) is 0 Å². The lowest BCUT2D eigenvalue weighted by molar-refractivity contribution is -0.169. The number of likely N-dealkylation sites (N-methyl/N-ethyl adjacent to an activating group) is 1. The lowest BCUT2D eigenvalue weighted by atomic mass is 9.50. The average molecular weight is 603 g/mol. The van der Waals surface area contributed by atoms with Crippen molar-refractivity contribution < 1.29 is 58.6 Å². The standard InChI is InChI=1S/C29H34N2O12/c1-14(26(37)30-17(27(38)39)12-20(33)34)41-21(35)5-6-22(36)42-18-7-8-29(40)19-11-15-3-4-16(13-32)24-23(15)28(29,25(18)43-24)9-10-31(19)2/h3-4,7,14,17,19,25,32,40H,5-6,8-13H2,1-2H3,(H,30,37)(H,33,34)(H,38,39)/t14-,17+,19+,25-,28-,29+/m0/s1. The molecule has 5 N–H and O–H groups in total. The second kappa shape index (κ2) is 11.2. The van der Waals surface area contributed by atoms with Gasteiger partial charge in [-0.05, 0) is 45.0 Å². The van der Waals surface area contributed by atoms with E-state index in [0.29, 0.717) is 30.7 Å². The maximum atomic E-state index is 12.9. The van der Waals surface area contributed by atoms with E-state index >= 15 is 0 Å². The summed E-state index contributed by atoms with van der Waals surface area (Å²) in [7, 11) is 1.97. The van der Waals surface area contributed by atoms with Gasteiger partial charge < -0.3 is 44.9 Å². The third kappa shape index (κ3) is 5.02. The van der Waals surface area contributed by atoms with Crippen molar-refractivity contribution in [1.29, 1.82) is 0 Å². The monoisotopic (exact) mass is 602 g/mol. The largest absolute Gasteiger partial charge is 0.481 e. The lowest BCUT2D eigenvalue weighted by Crippen LogP contribution is -2.74. The minimum absolute atomic E-state index is 0.192. The number of aliphatic carboxylic acids is 2. The summed E-state index contributed by atoms with van der Waals surface area (Å²) in [6.07, 6.45) is -0.993. The molecule has 1 amide bonds. The number of piperidine rings is 1. The van der Waals surface area contributed by atoms with Crippen LogP contribution < -0.4 is 10.1 Å². The van der Waals surface area contributed by atoms with Gasteiger partial charge in [0, 0.05) is 23.6 Å². The first-order valence-corrected chi connectivity index (χ1v) is 14.0. The van der Waals surface area contributed by atoms with Crippen LogP contribution in [0.1, 0.15) is 55.7 Å². The van der Waals surface area contributed by atoms with Crippen LogP contribution in [0, 0.1) is 0 Å². The Morgan fingerprint density at radius 1 is 1.16 bits per heavy atom. The molecular weight excluding hydrogens is 568 g/mol. The van der Waals surface area contributed by atoms with Gasteiger partial charge in [-0.2, -0.15) is 0 Å². The molecule has 14 nitrogen and oxygen atoms in total. The maximum Gasteiger partial charge on any atom is 0.326 e. The van der Waals surface area contributed by atoms with Gasteiger partial charge in [-0.15, -0.1) is 0 Å². The van der Waals surface area contributed by atoms with Crippen molar-refractivity contribution in [2.75, 3.05) is 13.6 Å². The number of esters is 2. The number of aliphatic hydroxyl groups excluding tert-OH is 1. The highest BCUT2D eigenvalue weighted by atomic mass is 16.6. The van der Waals surface area contributed by atoms with E-state index in [4.69, 9.17) is 24.4 Å². The number of likely N-dealkylation sites (tertiary alicyclic amines) is 1. The summed E-state index contributed by atoms with van der Waals surface area (Å²) in [6, 6.07) is 1.86. The Labute approximate surface area is 246 Å². The molecule has 2 aliphatic carbocycles. The third-order valence-corrected chi connectivity index (χ3v) is 9.06. The van der Waals surface area contributed by atoms with Crippen molar-refractivity contribution in [3.63, 3.8) is 0 Å². The third-order valence-electron chi connectivity index (χ3n) is 9.06. The van der Waals surface area contributed by atoms with Gasteiger partial charge in [-0.3, -0.25) is 19.2 Å². The van der Waals surface area contributed by atoms with Crippen LogP contribution in [0.25, 0.3) is 0 Å². The normalized spacial score (nSPS) is 28.0.